The lowest BCUT2D eigenvalue weighted by Crippen LogP contribution is -2.52. The second kappa shape index (κ2) is 9.08. The van der Waals surface area contributed by atoms with Crippen molar-refractivity contribution in [2.45, 2.75) is 52.4 Å². The van der Waals surface area contributed by atoms with E-state index in [1.165, 1.54) is 7.11 Å². The zero-order chi connectivity index (χ0) is 21.8. The van der Waals surface area contributed by atoms with E-state index in [-0.39, 0.29) is 24.3 Å². The van der Waals surface area contributed by atoms with Crippen molar-refractivity contribution in [3.05, 3.63) is 46.8 Å². The van der Waals surface area contributed by atoms with Gasteiger partial charge in [-0.3, -0.25) is 14.9 Å². The molecule has 2 aromatic rings. The van der Waals surface area contributed by atoms with Crippen LogP contribution in [0.15, 0.2) is 24.3 Å². The molecule has 1 aromatic carbocycles. The predicted octanol–water partition coefficient (Wildman–Crippen LogP) is 1.81. The number of nitrogens with one attached hydrogen (secondary N) is 3. The highest BCUT2D eigenvalue weighted by molar-refractivity contribution is 5.93. The Kier molecular flexibility index (Phi) is 6.51. The van der Waals surface area contributed by atoms with Crippen LogP contribution in [0.25, 0.3) is 0 Å². The quantitative estimate of drug-likeness (QED) is 0.623. The molecule has 3 rings (SSSR count). The van der Waals surface area contributed by atoms with Gasteiger partial charge in [0, 0.05) is 30.3 Å². The van der Waals surface area contributed by atoms with E-state index in [1.807, 2.05) is 20.8 Å². The molecule has 9 nitrogen and oxygen atoms in total. The summed E-state index contributed by atoms with van der Waals surface area (Å²) in [4.78, 5) is 35.7. The Morgan fingerprint density at radius 2 is 1.97 bits per heavy atom. The van der Waals surface area contributed by atoms with Gasteiger partial charge in [0.2, 0.25) is 11.8 Å². The highest BCUT2D eigenvalue weighted by Crippen LogP contribution is 2.20. The Hall–Kier alpha value is -3.20. The van der Waals surface area contributed by atoms with Crippen LogP contribution in [0.3, 0.4) is 0 Å². The summed E-state index contributed by atoms with van der Waals surface area (Å²) >= 11 is 0. The van der Waals surface area contributed by atoms with Crippen LogP contribution in [0, 0.1) is 13.8 Å². The first-order valence-corrected chi connectivity index (χ1v) is 9.86. The zero-order valence-corrected chi connectivity index (χ0v) is 17.6. The average Bonchev–Trinajstić information content (AvgIpc) is 2.99. The summed E-state index contributed by atoms with van der Waals surface area (Å²) in [5, 5.41) is 13.6. The van der Waals surface area contributed by atoms with Crippen molar-refractivity contribution >= 4 is 23.5 Å². The number of anilines is 1. The molecule has 9 heteroatoms. The van der Waals surface area contributed by atoms with Gasteiger partial charge in [-0.15, -0.1) is 0 Å². The van der Waals surface area contributed by atoms with Gasteiger partial charge in [-0.25, -0.2) is 9.48 Å². The van der Waals surface area contributed by atoms with Gasteiger partial charge in [0.25, 0.3) is 0 Å². The summed E-state index contributed by atoms with van der Waals surface area (Å²) in [5.41, 5.74) is 3.76. The van der Waals surface area contributed by atoms with E-state index in [9.17, 15) is 14.4 Å². The molecule has 1 aliphatic heterocycles. The van der Waals surface area contributed by atoms with Gasteiger partial charge in [0.05, 0.1) is 18.4 Å². The third-order valence-electron chi connectivity index (χ3n) is 5.14. The van der Waals surface area contributed by atoms with Crippen molar-refractivity contribution in [3.63, 3.8) is 0 Å². The molecule has 2 atom stereocenters. The molecular weight excluding hydrogens is 386 g/mol. The van der Waals surface area contributed by atoms with Crippen LogP contribution in [-0.4, -0.2) is 40.7 Å². The number of amides is 2. The Morgan fingerprint density at radius 1 is 1.27 bits per heavy atom. The maximum Gasteiger partial charge on any atom is 0.337 e. The van der Waals surface area contributed by atoms with Crippen molar-refractivity contribution in [2.24, 2.45) is 0 Å². The van der Waals surface area contributed by atoms with Gasteiger partial charge in [0.15, 0.2) is 6.29 Å². The topological polar surface area (TPSA) is 114 Å². The Morgan fingerprint density at radius 3 is 2.60 bits per heavy atom. The van der Waals surface area contributed by atoms with Crippen LogP contribution in [0.1, 0.15) is 53.4 Å². The van der Waals surface area contributed by atoms with E-state index in [0.29, 0.717) is 24.1 Å². The van der Waals surface area contributed by atoms with Crippen LogP contribution in [0.2, 0.25) is 0 Å². The fourth-order valence-electron chi connectivity index (χ4n) is 3.57. The first kappa shape index (κ1) is 21.5. The summed E-state index contributed by atoms with van der Waals surface area (Å²) in [6, 6.07) is 6.60. The molecular formula is C21H27N5O4. The van der Waals surface area contributed by atoms with Gasteiger partial charge in [-0.2, -0.15) is 5.10 Å². The van der Waals surface area contributed by atoms with Crippen LogP contribution in [0.5, 0.6) is 0 Å². The molecule has 0 radical (unpaired) electrons. The third-order valence-corrected chi connectivity index (χ3v) is 5.14. The molecule has 30 heavy (non-hydrogen) atoms. The highest BCUT2D eigenvalue weighted by atomic mass is 16.5. The number of hydrogen-bond acceptors (Lipinski definition) is 6. The van der Waals surface area contributed by atoms with E-state index >= 15 is 0 Å². The summed E-state index contributed by atoms with van der Waals surface area (Å²) in [5.74, 6) is -0.572. The lowest BCUT2D eigenvalue weighted by atomic mass is 10.1. The summed E-state index contributed by atoms with van der Waals surface area (Å²) in [6.45, 7) is 5.79. The minimum atomic E-state index is -0.422. The molecule has 1 saturated heterocycles. The monoisotopic (exact) mass is 413 g/mol. The second-order valence-electron chi connectivity index (χ2n) is 7.45. The van der Waals surface area contributed by atoms with E-state index < -0.39 is 12.3 Å². The fraction of sp³-hybridized carbons (Fsp3) is 0.429. The van der Waals surface area contributed by atoms with Gasteiger partial charge >= 0.3 is 5.97 Å². The Bertz CT molecular complexity index is 951. The third kappa shape index (κ3) is 4.85. The van der Waals surface area contributed by atoms with E-state index in [2.05, 4.69) is 25.8 Å². The number of nitrogens with zero attached hydrogens (tertiary/aromatic N) is 2. The largest absolute Gasteiger partial charge is 0.465 e. The normalized spacial score (nSPS) is 18.6. The van der Waals surface area contributed by atoms with Crippen molar-refractivity contribution in [3.8, 4) is 0 Å². The van der Waals surface area contributed by atoms with Crippen molar-refractivity contribution in [2.75, 3.05) is 12.4 Å². The van der Waals surface area contributed by atoms with Crippen molar-refractivity contribution in [1.29, 1.82) is 0 Å². The molecule has 3 N–H and O–H groups in total. The number of aryl methyl sites for hydroxylation is 1. The number of aromatic nitrogens is 2. The molecule has 2 unspecified atom stereocenters. The predicted molar refractivity (Wildman–Crippen MR) is 111 cm³/mol. The molecule has 1 aliphatic rings. The van der Waals surface area contributed by atoms with Gasteiger partial charge in [-0.1, -0.05) is 0 Å². The number of esters is 1. The number of methoxy groups -OCH3 is 1. The van der Waals surface area contributed by atoms with Crippen molar-refractivity contribution in [1.82, 2.24) is 20.4 Å². The minimum absolute atomic E-state index is 0.0158. The lowest BCUT2D eigenvalue weighted by Gasteiger charge is -2.30. The molecule has 160 valence electrons. The molecule has 1 aromatic heterocycles. The zero-order valence-electron chi connectivity index (χ0n) is 17.6. The SMILES string of the molecule is COC(=O)c1ccc(NC(=O)CCc2c(C)nn(C3NC(=O)CC(C)N3)c2C)cc1. The Labute approximate surface area is 175 Å². The van der Waals surface area contributed by atoms with Crippen LogP contribution in [0.4, 0.5) is 5.69 Å². The standard InChI is InChI=1S/C21H27N5O4/c1-12-11-19(28)24-21(22-12)26-14(3)17(13(2)25-26)9-10-18(27)23-16-7-5-15(6-8-16)20(29)30-4/h5-8,12,21-22H,9-11H2,1-4H3,(H,23,27)(H,24,28). The summed E-state index contributed by atoms with van der Waals surface area (Å²) in [6.07, 6.45) is 0.854. The second-order valence-corrected chi connectivity index (χ2v) is 7.45. The summed E-state index contributed by atoms with van der Waals surface area (Å²) < 4.78 is 6.43. The molecule has 0 bridgehead atoms. The lowest BCUT2D eigenvalue weighted by molar-refractivity contribution is -0.125. The molecule has 0 saturated carbocycles. The average molecular weight is 413 g/mol. The maximum absolute atomic E-state index is 12.4. The number of hydrogen-bond donors (Lipinski definition) is 3. The summed E-state index contributed by atoms with van der Waals surface area (Å²) in [7, 11) is 1.32. The number of carbonyl (C=O) groups excluding carboxylic acids is 3. The molecule has 2 heterocycles. The van der Waals surface area contributed by atoms with E-state index in [0.717, 1.165) is 17.0 Å². The smallest absolute Gasteiger partial charge is 0.337 e. The number of rotatable bonds is 6. The highest BCUT2D eigenvalue weighted by Gasteiger charge is 2.27. The molecule has 0 aliphatic carbocycles. The van der Waals surface area contributed by atoms with Crippen molar-refractivity contribution < 1.29 is 19.1 Å². The fourth-order valence-corrected chi connectivity index (χ4v) is 3.57. The van der Waals surface area contributed by atoms with Crippen LogP contribution < -0.4 is 16.0 Å². The first-order valence-electron chi connectivity index (χ1n) is 9.86. The minimum Gasteiger partial charge on any atom is -0.465 e. The Balaban J connectivity index is 1.61. The van der Waals surface area contributed by atoms with Crippen LogP contribution >= 0.6 is 0 Å². The molecule has 1 fully saturated rings. The molecule has 2 amide bonds. The number of ether oxygens (including phenoxy) is 1. The van der Waals surface area contributed by atoms with Gasteiger partial charge < -0.3 is 15.4 Å². The van der Waals surface area contributed by atoms with Gasteiger partial charge in [-0.05, 0) is 57.0 Å². The maximum atomic E-state index is 12.4. The molecule has 0 spiro atoms. The van der Waals surface area contributed by atoms with Gasteiger partial charge in [0.1, 0.15) is 0 Å². The number of benzene rings is 1. The van der Waals surface area contributed by atoms with E-state index in [1.54, 1.807) is 28.9 Å². The van der Waals surface area contributed by atoms with E-state index in [4.69, 9.17) is 0 Å². The number of carbonyl (C=O) groups is 3. The van der Waals surface area contributed by atoms with Crippen LogP contribution in [-0.2, 0) is 20.7 Å². The first-order chi connectivity index (χ1) is 14.3.